The lowest BCUT2D eigenvalue weighted by Crippen LogP contribution is -2.36. The maximum atomic E-state index is 5.93. The van der Waals surface area contributed by atoms with Crippen molar-refractivity contribution in [2.24, 2.45) is 5.73 Å². The predicted molar refractivity (Wildman–Crippen MR) is 84.7 cm³/mol. The highest BCUT2D eigenvalue weighted by Gasteiger charge is 2.18. The molecule has 0 aromatic heterocycles. The van der Waals surface area contributed by atoms with Gasteiger partial charge in [0.2, 0.25) is 0 Å². The Labute approximate surface area is 121 Å². The standard InChI is InChI=1S/C16H26N2S/c1-13(17)14-6-5-8-16(12-14)19-11-9-15-7-3-4-10-18(15)2/h5-6,8,12-13,15H,3-4,7,9-11,17H2,1-2H3. The van der Waals surface area contributed by atoms with E-state index in [0.29, 0.717) is 0 Å². The number of benzene rings is 1. The van der Waals surface area contributed by atoms with Crippen LogP contribution in [0.2, 0.25) is 0 Å². The van der Waals surface area contributed by atoms with Crippen molar-refractivity contribution in [3.8, 4) is 0 Å². The molecule has 0 spiro atoms. The Morgan fingerprint density at radius 3 is 3.00 bits per heavy atom. The molecule has 106 valence electrons. The molecular formula is C16H26N2S. The molecule has 2 nitrogen and oxygen atoms in total. The molecule has 1 fully saturated rings. The van der Waals surface area contributed by atoms with Gasteiger partial charge in [0, 0.05) is 17.0 Å². The second kappa shape index (κ2) is 7.32. The van der Waals surface area contributed by atoms with Crippen molar-refractivity contribution in [3.63, 3.8) is 0 Å². The Hall–Kier alpha value is -0.510. The van der Waals surface area contributed by atoms with Gasteiger partial charge in [-0.15, -0.1) is 11.8 Å². The molecule has 1 heterocycles. The summed E-state index contributed by atoms with van der Waals surface area (Å²) in [5, 5.41) is 0. The summed E-state index contributed by atoms with van der Waals surface area (Å²) >= 11 is 1.97. The van der Waals surface area contributed by atoms with E-state index in [4.69, 9.17) is 5.73 Å². The van der Waals surface area contributed by atoms with Crippen LogP contribution in [0.4, 0.5) is 0 Å². The molecule has 2 N–H and O–H groups in total. The fourth-order valence-electron chi connectivity index (χ4n) is 2.71. The predicted octanol–water partition coefficient (Wildman–Crippen LogP) is 3.67. The number of hydrogen-bond acceptors (Lipinski definition) is 3. The summed E-state index contributed by atoms with van der Waals surface area (Å²) in [6.45, 7) is 3.32. The first-order chi connectivity index (χ1) is 9.16. The van der Waals surface area contributed by atoms with Crippen molar-refractivity contribution in [2.45, 2.75) is 49.6 Å². The molecule has 0 aliphatic carbocycles. The van der Waals surface area contributed by atoms with E-state index in [9.17, 15) is 0 Å². The van der Waals surface area contributed by atoms with Crippen molar-refractivity contribution in [1.82, 2.24) is 4.90 Å². The molecule has 19 heavy (non-hydrogen) atoms. The van der Waals surface area contributed by atoms with E-state index >= 15 is 0 Å². The molecule has 1 aliphatic rings. The van der Waals surface area contributed by atoms with Crippen LogP contribution >= 0.6 is 11.8 Å². The number of nitrogens with zero attached hydrogens (tertiary/aromatic N) is 1. The van der Waals surface area contributed by atoms with Crippen molar-refractivity contribution in [3.05, 3.63) is 29.8 Å². The highest BCUT2D eigenvalue weighted by atomic mass is 32.2. The van der Waals surface area contributed by atoms with Crippen molar-refractivity contribution >= 4 is 11.8 Å². The fraction of sp³-hybridized carbons (Fsp3) is 0.625. The van der Waals surface area contributed by atoms with E-state index in [0.717, 1.165) is 6.04 Å². The zero-order chi connectivity index (χ0) is 13.7. The third kappa shape index (κ3) is 4.51. The lowest BCUT2D eigenvalue weighted by atomic mass is 10.0. The zero-order valence-corrected chi connectivity index (χ0v) is 13.0. The maximum Gasteiger partial charge on any atom is 0.0266 e. The molecule has 0 saturated carbocycles. The highest BCUT2D eigenvalue weighted by Crippen LogP contribution is 2.25. The Morgan fingerprint density at radius 1 is 1.42 bits per heavy atom. The fourth-order valence-corrected chi connectivity index (χ4v) is 3.73. The van der Waals surface area contributed by atoms with Gasteiger partial charge in [0.25, 0.3) is 0 Å². The summed E-state index contributed by atoms with van der Waals surface area (Å²) in [5.41, 5.74) is 7.17. The van der Waals surface area contributed by atoms with Gasteiger partial charge in [-0.3, -0.25) is 0 Å². The minimum atomic E-state index is 0.130. The number of rotatable bonds is 5. The van der Waals surface area contributed by atoms with E-state index in [2.05, 4.69) is 36.2 Å². The van der Waals surface area contributed by atoms with Crippen LogP contribution in [0, 0.1) is 0 Å². The average molecular weight is 278 g/mol. The molecule has 0 radical (unpaired) electrons. The summed E-state index contributed by atoms with van der Waals surface area (Å²) in [4.78, 5) is 3.89. The summed E-state index contributed by atoms with van der Waals surface area (Å²) < 4.78 is 0. The quantitative estimate of drug-likeness (QED) is 0.833. The van der Waals surface area contributed by atoms with Gasteiger partial charge in [-0.2, -0.15) is 0 Å². The van der Waals surface area contributed by atoms with Crippen molar-refractivity contribution in [1.29, 1.82) is 0 Å². The molecule has 1 aromatic rings. The summed E-state index contributed by atoms with van der Waals surface area (Å²) in [6.07, 6.45) is 5.44. The molecule has 2 unspecified atom stereocenters. The minimum Gasteiger partial charge on any atom is -0.324 e. The molecule has 2 atom stereocenters. The van der Waals surface area contributed by atoms with Crippen molar-refractivity contribution < 1.29 is 0 Å². The smallest absolute Gasteiger partial charge is 0.0266 e. The third-order valence-electron chi connectivity index (χ3n) is 4.03. The van der Waals surface area contributed by atoms with Crippen LogP contribution in [-0.2, 0) is 0 Å². The van der Waals surface area contributed by atoms with Crippen LogP contribution < -0.4 is 5.73 Å². The first kappa shape index (κ1) is 14.9. The highest BCUT2D eigenvalue weighted by molar-refractivity contribution is 7.99. The Kier molecular flexibility index (Phi) is 5.74. The first-order valence-corrected chi connectivity index (χ1v) is 8.34. The number of piperidine rings is 1. The van der Waals surface area contributed by atoms with Gasteiger partial charge in [0.1, 0.15) is 0 Å². The van der Waals surface area contributed by atoms with Crippen LogP contribution in [0.3, 0.4) is 0 Å². The van der Waals surface area contributed by atoms with Crippen LogP contribution in [-0.4, -0.2) is 30.3 Å². The van der Waals surface area contributed by atoms with Crippen LogP contribution in [0.5, 0.6) is 0 Å². The second-order valence-electron chi connectivity index (χ2n) is 5.63. The maximum absolute atomic E-state index is 5.93. The Balaban J connectivity index is 1.80. The van der Waals surface area contributed by atoms with E-state index < -0.39 is 0 Å². The van der Waals surface area contributed by atoms with E-state index in [1.54, 1.807) is 0 Å². The number of hydrogen-bond donors (Lipinski definition) is 1. The van der Waals surface area contributed by atoms with E-state index in [1.165, 1.54) is 48.4 Å². The number of thioether (sulfide) groups is 1. The second-order valence-corrected chi connectivity index (χ2v) is 6.80. The molecule has 0 amide bonds. The normalized spacial score (nSPS) is 22.4. The largest absolute Gasteiger partial charge is 0.324 e. The average Bonchev–Trinajstić information content (AvgIpc) is 2.41. The van der Waals surface area contributed by atoms with Gasteiger partial charge >= 0.3 is 0 Å². The molecule has 1 saturated heterocycles. The molecule has 0 bridgehead atoms. The van der Waals surface area contributed by atoms with Gasteiger partial charge in [-0.1, -0.05) is 18.6 Å². The van der Waals surface area contributed by atoms with Crippen molar-refractivity contribution in [2.75, 3.05) is 19.3 Å². The van der Waals surface area contributed by atoms with Gasteiger partial charge < -0.3 is 10.6 Å². The molecule has 3 heteroatoms. The number of likely N-dealkylation sites (tertiary alicyclic amines) is 1. The van der Waals surface area contributed by atoms with E-state index in [-0.39, 0.29) is 6.04 Å². The van der Waals surface area contributed by atoms with E-state index in [1.807, 2.05) is 18.7 Å². The van der Waals surface area contributed by atoms with Gasteiger partial charge in [-0.05, 0) is 63.2 Å². The Morgan fingerprint density at radius 2 is 2.26 bits per heavy atom. The lowest BCUT2D eigenvalue weighted by molar-refractivity contribution is 0.182. The molecule has 1 aromatic carbocycles. The SMILES string of the molecule is CC(N)c1cccc(SCCC2CCCCN2C)c1. The monoisotopic (exact) mass is 278 g/mol. The molecular weight excluding hydrogens is 252 g/mol. The topological polar surface area (TPSA) is 29.3 Å². The summed E-state index contributed by atoms with van der Waals surface area (Å²) in [7, 11) is 2.27. The Bertz CT molecular complexity index is 392. The summed E-state index contributed by atoms with van der Waals surface area (Å²) in [6, 6.07) is 9.58. The van der Waals surface area contributed by atoms with Crippen LogP contribution in [0.1, 0.15) is 44.2 Å². The molecule has 2 rings (SSSR count). The van der Waals surface area contributed by atoms with Gasteiger partial charge in [0.05, 0.1) is 0 Å². The third-order valence-corrected chi connectivity index (χ3v) is 5.05. The van der Waals surface area contributed by atoms with Gasteiger partial charge in [0.15, 0.2) is 0 Å². The van der Waals surface area contributed by atoms with Crippen LogP contribution in [0.15, 0.2) is 29.2 Å². The minimum absolute atomic E-state index is 0.130. The molecule has 1 aliphatic heterocycles. The zero-order valence-electron chi connectivity index (χ0n) is 12.1. The van der Waals surface area contributed by atoms with Gasteiger partial charge in [-0.25, -0.2) is 0 Å². The first-order valence-electron chi connectivity index (χ1n) is 7.35. The number of nitrogens with two attached hydrogens (primary N) is 1. The lowest BCUT2D eigenvalue weighted by Gasteiger charge is -2.32. The summed E-state index contributed by atoms with van der Waals surface area (Å²) in [5.74, 6) is 1.21. The van der Waals surface area contributed by atoms with Crippen LogP contribution in [0.25, 0.3) is 0 Å².